The van der Waals surface area contributed by atoms with E-state index >= 15 is 0 Å². The van der Waals surface area contributed by atoms with E-state index in [2.05, 4.69) is 20.5 Å². The predicted molar refractivity (Wildman–Crippen MR) is 114 cm³/mol. The molecule has 3 heterocycles. The second-order valence-electron chi connectivity index (χ2n) is 8.60. The SMILES string of the molecule is Fc1cc(-c2nnc(C(F)F)o2)cc(F)c1Cn1cc(-c2ccc(CN3CC(C(F)(F)F)C3)cc2)nn1. The first kappa shape index (κ1) is 24.9. The molecule has 5 rings (SSSR count). The third-order valence-electron chi connectivity index (χ3n) is 5.95. The largest absolute Gasteiger partial charge is 0.415 e. The molecule has 0 aliphatic carbocycles. The molecule has 194 valence electrons. The number of halogens is 7. The maximum Gasteiger partial charge on any atom is 0.394 e. The summed E-state index contributed by atoms with van der Waals surface area (Å²) in [6.07, 6.45) is -5.70. The van der Waals surface area contributed by atoms with Gasteiger partial charge in [-0.05, 0) is 17.7 Å². The van der Waals surface area contributed by atoms with Crippen molar-refractivity contribution in [2.45, 2.75) is 25.7 Å². The molecule has 0 saturated carbocycles. The monoisotopic (exact) mass is 526 g/mol. The highest BCUT2D eigenvalue weighted by Crippen LogP contribution is 2.34. The maximum atomic E-state index is 14.6. The molecule has 1 fully saturated rings. The van der Waals surface area contributed by atoms with Gasteiger partial charge in [0, 0.05) is 36.3 Å². The summed E-state index contributed by atoms with van der Waals surface area (Å²) in [6.45, 7) is 0.0320. The van der Waals surface area contributed by atoms with Crippen molar-refractivity contribution >= 4 is 0 Å². The molecule has 0 unspecified atom stereocenters. The molecule has 0 radical (unpaired) electrons. The van der Waals surface area contributed by atoms with Crippen LogP contribution in [-0.4, -0.2) is 49.4 Å². The number of aromatic nitrogens is 5. The molecular weight excluding hydrogens is 509 g/mol. The Kier molecular flexibility index (Phi) is 6.43. The lowest BCUT2D eigenvalue weighted by molar-refractivity contribution is -0.210. The first-order valence-corrected chi connectivity index (χ1v) is 10.9. The lowest BCUT2D eigenvalue weighted by atomic mass is 9.98. The van der Waals surface area contributed by atoms with Gasteiger partial charge in [0.15, 0.2) is 0 Å². The smallest absolute Gasteiger partial charge is 0.394 e. The number of hydrogen-bond acceptors (Lipinski definition) is 6. The first-order chi connectivity index (χ1) is 17.6. The standard InChI is InChI=1S/C23H17F7N6O/c24-17-5-14(21-32-33-22(37-21)20(26)27)6-18(25)16(17)10-36-11-19(31-34-36)13-3-1-12(2-4-13)7-35-8-15(9-35)23(28,29)30/h1-6,11,15,20H,7-10H2. The van der Waals surface area contributed by atoms with Gasteiger partial charge in [0.05, 0.1) is 18.7 Å². The van der Waals surface area contributed by atoms with Crippen molar-refractivity contribution in [2.24, 2.45) is 5.92 Å². The Bertz CT molecular complexity index is 1370. The zero-order valence-corrected chi connectivity index (χ0v) is 18.8. The summed E-state index contributed by atoms with van der Waals surface area (Å²) >= 11 is 0. The van der Waals surface area contributed by atoms with Crippen LogP contribution in [0.4, 0.5) is 30.7 Å². The van der Waals surface area contributed by atoms with E-state index in [-0.39, 0.29) is 30.8 Å². The molecule has 0 amide bonds. The Morgan fingerprint density at radius 1 is 0.919 bits per heavy atom. The maximum absolute atomic E-state index is 14.6. The van der Waals surface area contributed by atoms with Gasteiger partial charge in [-0.1, -0.05) is 29.5 Å². The molecule has 4 aromatic rings. The van der Waals surface area contributed by atoms with Gasteiger partial charge in [-0.25, -0.2) is 13.5 Å². The molecule has 1 aliphatic heterocycles. The first-order valence-electron chi connectivity index (χ1n) is 10.9. The van der Waals surface area contributed by atoms with Crippen LogP contribution >= 0.6 is 0 Å². The summed E-state index contributed by atoms with van der Waals surface area (Å²) in [5.41, 5.74) is 1.40. The quantitative estimate of drug-likeness (QED) is 0.306. The topological polar surface area (TPSA) is 72.9 Å². The lowest BCUT2D eigenvalue weighted by Gasteiger charge is -2.40. The predicted octanol–water partition coefficient (Wildman–Crippen LogP) is 5.25. The van der Waals surface area contributed by atoms with E-state index in [1.807, 2.05) is 0 Å². The van der Waals surface area contributed by atoms with Crippen LogP contribution in [0.3, 0.4) is 0 Å². The molecule has 37 heavy (non-hydrogen) atoms. The van der Waals surface area contributed by atoms with Crippen LogP contribution in [0.5, 0.6) is 0 Å². The van der Waals surface area contributed by atoms with Crippen LogP contribution in [-0.2, 0) is 13.1 Å². The Hall–Kier alpha value is -3.81. The minimum atomic E-state index is -4.17. The van der Waals surface area contributed by atoms with E-state index in [0.29, 0.717) is 17.8 Å². The van der Waals surface area contributed by atoms with Gasteiger partial charge < -0.3 is 4.42 Å². The highest BCUT2D eigenvalue weighted by atomic mass is 19.4. The van der Waals surface area contributed by atoms with E-state index in [1.165, 1.54) is 10.9 Å². The molecule has 14 heteroatoms. The van der Waals surface area contributed by atoms with E-state index in [1.54, 1.807) is 29.2 Å². The second kappa shape index (κ2) is 9.57. The van der Waals surface area contributed by atoms with Gasteiger partial charge in [-0.15, -0.1) is 15.3 Å². The summed E-state index contributed by atoms with van der Waals surface area (Å²) < 4.78 is 98.4. The van der Waals surface area contributed by atoms with E-state index in [4.69, 9.17) is 4.42 Å². The van der Waals surface area contributed by atoms with E-state index in [9.17, 15) is 30.7 Å². The zero-order chi connectivity index (χ0) is 26.3. The molecular formula is C23H17F7N6O. The normalized spacial score (nSPS) is 14.9. The van der Waals surface area contributed by atoms with Gasteiger partial charge >= 0.3 is 12.6 Å². The van der Waals surface area contributed by atoms with Crippen molar-refractivity contribution in [1.29, 1.82) is 0 Å². The van der Waals surface area contributed by atoms with Crippen LogP contribution < -0.4 is 0 Å². The van der Waals surface area contributed by atoms with Crippen LogP contribution in [0.25, 0.3) is 22.7 Å². The Balaban J connectivity index is 1.24. The van der Waals surface area contributed by atoms with Crippen molar-refractivity contribution in [2.75, 3.05) is 13.1 Å². The minimum absolute atomic E-state index is 0.0284. The number of rotatable bonds is 7. The Labute approximate surface area is 204 Å². The summed E-state index contributed by atoms with van der Waals surface area (Å²) in [7, 11) is 0. The third kappa shape index (κ3) is 5.33. The fourth-order valence-corrected chi connectivity index (χ4v) is 3.93. The van der Waals surface area contributed by atoms with Crippen LogP contribution in [0.2, 0.25) is 0 Å². The number of likely N-dealkylation sites (tertiary alicyclic amines) is 1. The number of alkyl halides is 5. The molecule has 1 saturated heterocycles. The molecule has 2 aromatic carbocycles. The molecule has 2 aromatic heterocycles. The highest BCUT2D eigenvalue weighted by Gasteiger charge is 2.46. The van der Waals surface area contributed by atoms with Crippen LogP contribution in [0, 0.1) is 17.6 Å². The Morgan fingerprint density at radius 3 is 2.19 bits per heavy atom. The molecule has 0 N–H and O–H groups in total. The molecule has 1 aliphatic rings. The summed E-state index contributed by atoms with van der Waals surface area (Å²) in [4.78, 5) is 1.70. The second-order valence-corrected chi connectivity index (χ2v) is 8.60. The van der Waals surface area contributed by atoms with Gasteiger partial charge in [-0.2, -0.15) is 22.0 Å². The van der Waals surface area contributed by atoms with Crippen molar-refractivity contribution in [3.05, 3.63) is 71.2 Å². The van der Waals surface area contributed by atoms with Crippen molar-refractivity contribution in [1.82, 2.24) is 30.1 Å². The molecule has 7 nitrogen and oxygen atoms in total. The summed E-state index contributed by atoms with van der Waals surface area (Å²) in [5.74, 6) is -4.62. The number of nitrogens with zero attached hydrogens (tertiary/aromatic N) is 6. The van der Waals surface area contributed by atoms with E-state index < -0.39 is 41.9 Å². The Morgan fingerprint density at radius 2 is 1.59 bits per heavy atom. The van der Waals surface area contributed by atoms with Gasteiger partial charge in [0.25, 0.3) is 5.89 Å². The van der Waals surface area contributed by atoms with Crippen molar-refractivity contribution in [3.63, 3.8) is 0 Å². The van der Waals surface area contributed by atoms with Gasteiger partial charge in [0.2, 0.25) is 5.89 Å². The third-order valence-corrected chi connectivity index (χ3v) is 5.95. The van der Waals surface area contributed by atoms with Crippen LogP contribution in [0.15, 0.2) is 47.0 Å². The molecule has 0 atom stereocenters. The fourth-order valence-electron chi connectivity index (χ4n) is 3.93. The van der Waals surface area contributed by atoms with Crippen LogP contribution in [0.1, 0.15) is 23.4 Å². The fraction of sp³-hybridized carbons (Fsp3) is 0.304. The molecule has 0 bridgehead atoms. The zero-order valence-electron chi connectivity index (χ0n) is 18.8. The molecule has 0 spiro atoms. The van der Waals surface area contributed by atoms with Crippen molar-refractivity contribution in [3.8, 4) is 22.7 Å². The van der Waals surface area contributed by atoms with E-state index in [0.717, 1.165) is 17.7 Å². The average Bonchev–Trinajstić information content (AvgIpc) is 3.48. The van der Waals surface area contributed by atoms with Gasteiger partial charge in [-0.3, -0.25) is 4.90 Å². The van der Waals surface area contributed by atoms with Gasteiger partial charge in [0.1, 0.15) is 17.3 Å². The lowest BCUT2D eigenvalue weighted by Crippen LogP contribution is -2.52. The average molecular weight is 526 g/mol. The number of hydrogen-bond donors (Lipinski definition) is 0. The van der Waals surface area contributed by atoms with Crippen molar-refractivity contribution < 1.29 is 35.2 Å². The summed E-state index contributed by atoms with van der Waals surface area (Å²) in [6, 6.07) is 8.80. The minimum Gasteiger partial charge on any atom is -0.415 e. The highest BCUT2D eigenvalue weighted by molar-refractivity contribution is 5.58. The number of benzene rings is 2. The summed E-state index contributed by atoms with van der Waals surface area (Å²) in [5, 5.41) is 14.4.